The summed E-state index contributed by atoms with van der Waals surface area (Å²) in [4.78, 5) is 6.60. The average molecular weight is 514 g/mol. The van der Waals surface area contributed by atoms with Crippen molar-refractivity contribution in [2.75, 3.05) is 46.9 Å². The van der Waals surface area contributed by atoms with Gasteiger partial charge >= 0.3 is 6.18 Å². The monoisotopic (exact) mass is 514 g/mol. The van der Waals surface area contributed by atoms with Gasteiger partial charge in [-0.1, -0.05) is 12.1 Å². The second kappa shape index (κ2) is 12.5. The van der Waals surface area contributed by atoms with E-state index in [9.17, 15) is 13.2 Å². The highest BCUT2D eigenvalue weighted by Crippen LogP contribution is 2.29. The predicted octanol–water partition coefficient (Wildman–Crippen LogP) is 3.35. The van der Waals surface area contributed by atoms with E-state index in [-0.39, 0.29) is 24.0 Å². The molecule has 9 heteroatoms. The minimum atomic E-state index is -4.30. The third-order valence-electron chi connectivity index (χ3n) is 4.84. The number of alkyl halides is 3. The van der Waals surface area contributed by atoms with E-state index >= 15 is 0 Å². The fourth-order valence-corrected chi connectivity index (χ4v) is 3.09. The Bertz CT molecular complexity index is 588. The molecule has 160 valence electrons. The number of nitrogens with one attached hydrogen (secondary N) is 2. The second-order valence-electron chi connectivity index (χ2n) is 6.78. The molecule has 1 saturated heterocycles. The SMILES string of the molecule is CN=C(NCc1ccc(C(F)(F)F)cc1)NCC1CCN(CCOC)CC1.I. The third-order valence-corrected chi connectivity index (χ3v) is 4.84. The van der Waals surface area contributed by atoms with Crippen LogP contribution in [0, 0.1) is 5.92 Å². The molecule has 1 heterocycles. The number of rotatable bonds is 7. The Kier molecular flexibility index (Phi) is 11.1. The Balaban J connectivity index is 0.00000392. The van der Waals surface area contributed by atoms with E-state index in [0.717, 1.165) is 63.3 Å². The van der Waals surface area contributed by atoms with Crippen LogP contribution in [0.25, 0.3) is 0 Å². The van der Waals surface area contributed by atoms with E-state index < -0.39 is 11.7 Å². The predicted molar refractivity (Wildman–Crippen MR) is 116 cm³/mol. The van der Waals surface area contributed by atoms with E-state index in [1.807, 2.05) is 0 Å². The van der Waals surface area contributed by atoms with Crippen molar-refractivity contribution in [3.63, 3.8) is 0 Å². The number of halogens is 4. The minimum Gasteiger partial charge on any atom is -0.383 e. The first-order valence-electron chi connectivity index (χ1n) is 9.24. The van der Waals surface area contributed by atoms with Gasteiger partial charge in [0.1, 0.15) is 0 Å². The smallest absolute Gasteiger partial charge is 0.383 e. The summed E-state index contributed by atoms with van der Waals surface area (Å²) < 4.78 is 42.9. The highest BCUT2D eigenvalue weighted by Gasteiger charge is 2.29. The average Bonchev–Trinajstić information content (AvgIpc) is 2.67. The lowest BCUT2D eigenvalue weighted by atomic mass is 9.97. The largest absolute Gasteiger partial charge is 0.416 e. The highest BCUT2D eigenvalue weighted by molar-refractivity contribution is 14.0. The standard InChI is InChI=1S/C19H29F3N4O.HI/c1-23-18(24-13-15-3-5-17(6-4-15)19(20,21)22)25-14-16-7-9-26(10-8-16)11-12-27-2;/h3-6,16H,7-14H2,1-2H3,(H2,23,24,25);1H. The number of hydrogen-bond acceptors (Lipinski definition) is 3. The number of likely N-dealkylation sites (tertiary alicyclic amines) is 1. The number of piperidine rings is 1. The van der Waals surface area contributed by atoms with Crippen molar-refractivity contribution in [1.82, 2.24) is 15.5 Å². The zero-order valence-corrected chi connectivity index (χ0v) is 18.7. The summed E-state index contributed by atoms with van der Waals surface area (Å²) in [7, 11) is 3.41. The Labute approximate surface area is 182 Å². The first-order valence-corrected chi connectivity index (χ1v) is 9.24. The van der Waals surface area contributed by atoms with Crippen LogP contribution in [0.5, 0.6) is 0 Å². The number of hydrogen-bond donors (Lipinski definition) is 2. The molecule has 0 aliphatic carbocycles. The van der Waals surface area contributed by atoms with Crippen molar-refractivity contribution in [3.8, 4) is 0 Å². The van der Waals surface area contributed by atoms with Crippen LogP contribution in [-0.2, 0) is 17.5 Å². The number of aliphatic imine (C=N–C) groups is 1. The van der Waals surface area contributed by atoms with Crippen LogP contribution in [0.2, 0.25) is 0 Å². The number of guanidine groups is 1. The molecule has 1 fully saturated rings. The van der Waals surface area contributed by atoms with Crippen LogP contribution < -0.4 is 10.6 Å². The lowest BCUT2D eigenvalue weighted by Crippen LogP contribution is -2.43. The molecule has 0 amide bonds. The molecule has 0 atom stereocenters. The summed E-state index contributed by atoms with van der Waals surface area (Å²) in [6.07, 6.45) is -2.04. The summed E-state index contributed by atoms with van der Waals surface area (Å²) >= 11 is 0. The van der Waals surface area contributed by atoms with Crippen molar-refractivity contribution in [2.24, 2.45) is 10.9 Å². The molecule has 1 aromatic carbocycles. The lowest BCUT2D eigenvalue weighted by molar-refractivity contribution is -0.137. The molecular formula is C19H30F3IN4O. The first-order chi connectivity index (χ1) is 12.9. The van der Waals surface area contributed by atoms with Gasteiger partial charge in [-0.3, -0.25) is 4.99 Å². The Hall–Kier alpha value is -1.07. The topological polar surface area (TPSA) is 48.9 Å². The van der Waals surface area contributed by atoms with Crippen molar-refractivity contribution in [3.05, 3.63) is 35.4 Å². The molecule has 0 radical (unpaired) electrons. The van der Waals surface area contributed by atoms with Gasteiger partial charge in [0.15, 0.2) is 5.96 Å². The Morgan fingerprint density at radius 2 is 1.82 bits per heavy atom. The molecule has 2 rings (SSSR count). The summed E-state index contributed by atoms with van der Waals surface area (Å²) in [5.74, 6) is 1.25. The highest BCUT2D eigenvalue weighted by atomic mass is 127. The normalized spacial score (nSPS) is 16.5. The number of benzene rings is 1. The van der Waals surface area contributed by atoms with Crippen molar-refractivity contribution < 1.29 is 17.9 Å². The summed E-state index contributed by atoms with van der Waals surface area (Å²) in [6.45, 7) is 5.16. The van der Waals surface area contributed by atoms with Crippen LogP contribution in [0.15, 0.2) is 29.3 Å². The molecular weight excluding hydrogens is 484 g/mol. The molecule has 0 aromatic heterocycles. The van der Waals surface area contributed by atoms with E-state index in [2.05, 4.69) is 20.5 Å². The van der Waals surface area contributed by atoms with Crippen LogP contribution in [0.3, 0.4) is 0 Å². The van der Waals surface area contributed by atoms with Gasteiger partial charge in [0, 0.05) is 33.8 Å². The fraction of sp³-hybridized carbons (Fsp3) is 0.632. The number of ether oxygens (including phenoxy) is 1. The fourth-order valence-electron chi connectivity index (χ4n) is 3.09. The van der Waals surface area contributed by atoms with Gasteiger partial charge in [-0.05, 0) is 49.5 Å². The summed E-state index contributed by atoms with van der Waals surface area (Å²) in [5.41, 5.74) is 0.142. The van der Waals surface area contributed by atoms with E-state index in [1.165, 1.54) is 12.1 Å². The number of nitrogens with zero attached hydrogens (tertiary/aromatic N) is 2. The van der Waals surface area contributed by atoms with Crippen LogP contribution in [-0.4, -0.2) is 57.8 Å². The lowest BCUT2D eigenvalue weighted by Gasteiger charge is -2.32. The van der Waals surface area contributed by atoms with E-state index in [4.69, 9.17) is 4.74 Å². The number of methoxy groups -OCH3 is 1. The first kappa shape index (κ1) is 25.0. The molecule has 1 aliphatic heterocycles. The van der Waals surface area contributed by atoms with Gasteiger partial charge in [0.25, 0.3) is 0 Å². The van der Waals surface area contributed by atoms with Crippen molar-refractivity contribution in [1.29, 1.82) is 0 Å². The van der Waals surface area contributed by atoms with Gasteiger partial charge in [-0.25, -0.2) is 0 Å². The zero-order valence-electron chi connectivity index (χ0n) is 16.4. The van der Waals surface area contributed by atoms with E-state index in [1.54, 1.807) is 14.2 Å². The maximum absolute atomic E-state index is 12.6. The van der Waals surface area contributed by atoms with E-state index in [0.29, 0.717) is 18.4 Å². The van der Waals surface area contributed by atoms with Crippen LogP contribution in [0.1, 0.15) is 24.0 Å². The maximum Gasteiger partial charge on any atom is 0.416 e. The zero-order chi connectivity index (χ0) is 19.7. The van der Waals surface area contributed by atoms with Gasteiger partial charge in [0.05, 0.1) is 12.2 Å². The van der Waals surface area contributed by atoms with Crippen LogP contribution >= 0.6 is 24.0 Å². The Morgan fingerprint density at radius 3 is 2.36 bits per heavy atom. The molecule has 5 nitrogen and oxygen atoms in total. The van der Waals surface area contributed by atoms with Gasteiger partial charge in [-0.15, -0.1) is 24.0 Å². The van der Waals surface area contributed by atoms with Crippen molar-refractivity contribution >= 4 is 29.9 Å². The maximum atomic E-state index is 12.6. The molecule has 1 aromatic rings. The quantitative estimate of drug-likeness (QED) is 0.333. The molecule has 1 aliphatic rings. The summed E-state index contributed by atoms with van der Waals surface area (Å²) in [6, 6.07) is 5.17. The van der Waals surface area contributed by atoms with Gasteiger partial charge in [0.2, 0.25) is 0 Å². The molecule has 0 bridgehead atoms. The Morgan fingerprint density at radius 1 is 1.18 bits per heavy atom. The third kappa shape index (κ3) is 8.52. The second-order valence-corrected chi connectivity index (χ2v) is 6.78. The molecule has 0 saturated carbocycles. The van der Waals surface area contributed by atoms with Gasteiger partial charge in [-0.2, -0.15) is 13.2 Å². The van der Waals surface area contributed by atoms with Crippen molar-refractivity contribution in [2.45, 2.75) is 25.6 Å². The minimum absolute atomic E-state index is 0. The molecule has 0 spiro atoms. The summed E-state index contributed by atoms with van der Waals surface area (Å²) in [5, 5.41) is 6.47. The van der Waals surface area contributed by atoms with Gasteiger partial charge < -0.3 is 20.3 Å². The van der Waals surface area contributed by atoms with Crippen LogP contribution in [0.4, 0.5) is 13.2 Å². The molecule has 2 N–H and O–H groups in total. The molecule has 0 unspecified atom stereocenters. The molecule has 28 heavy (non-hydrogen) atoms.